The van der Waals surface area contributed by atoms with Gasteiger partial charge in [0.15, 0.2) is 0 Å². The highest BCUT2D eigenvalue weighted by molar-refractivity contribution is 7.09. The van der Waals surface area contributed by atoms with E-state index < -0.39 is 5.97 Å². The van der Waals surface area contributed by atoms with Gasteiger partial charge in [-0.1, -0.05) is 0 Å². The van der Waals surface area contributed by atoms with Gasteiger partial charge in [-0.2, -0.15) is 0 Å². The third-order valence-corrected chi connectivity index (χ3v) is 3.12. The van der Waals surface area contributed by atoms with Crippen molar-refractivity contribution in [2.75, 3.05) is 0 Å². The lowest BCUT2D eigenvalue weighted by Crippen LogP contribution is -2.23. The van der Waals surface area contributed by atoms with E-state index in [0.29, 0.717) is 11.4 Å². The minimum Gasteiger partial charge on any atom is -0.478 e. The van der Waals surface area contributed by atoms with Gasteiger partial charge in [0.05, 0.1) is 22.8 Å². The van der Waals surface area contributed by atoms with Crippen LogP contribution < -0.4 is 5.32 Å². The molecule has 2 rings (SSSR count). The standard InChI is InChI=1S/C12H11N3O3S/c1-7-15-10(6-19-7)11(16)14-5-9-4-8(12(17)18)2-3-13-9/h2-4,6H,5H2,1H3,(H,14,16)(H,17,18). The van der Waals surface area contributed by atoms with Gasteiger partial charge in [0, 0.05) is 11.6 Å². The molecule has 7 heteroatoms. The number of pyridine rings is 1. The fraction of sp³-hybridized carbons (Fsp3) is 0.167. The molecular weight excluding hydrogens is 266 g/mol. The number of carbonyl (C=O) groups is 2. The van der Waals surface area contributed by atoms with Gasteiger partial charge < -0.3 is 10.4 Å². The molecule has 0 bridgehead atoms. The van der Waals surface area contributed by atoms with Gasteiger partial charge in [-0.25, -0.2) is 9.78 Å². The summed E-state index contributed by atoms with van der Waals surface area (Å²) in [6, 6.07) is 2.83. The number of nitrogens with zero attached hydrogens (tertiary/aromatic N) is 2. The molecule has 0 saturated carbocycles. The van der Waals surface area contributed by atoms with E-state index >= 15 is 0 Å². The van der Waals surface area contributed by atoms with Gasteiger partial charge in [-0.3, -0.25) is 9.78 Å². The van der Waals surface area contributed by atoms with Crippen LogP contribution in [0.4, 0.5) is 0 Å². The Labute approximate surface area is 113 Å². The number of carbonyl (C=O) groups excluding carboxylic acids is 1. The lowest BCUT2D eigenvalue weighted by atomic mass is 10.2. The fourth-order valence-corrected chi connectivity index (χ4v) is 2.03. The van der Waals surface area contributed by atoms with Gasteiger partial charge in [0.25, 0.3) is 5.91 Å². The minimum absolute atomic E-state index is 0.142. The number of nitrogens with one attached hydrogen (secondary N) is 1. The van der Waals surface area contributed by atoms with Gasteiger partial charge in [-0.15, -0.1) is 11.3 Å². The van der Waals surface area contributed by atoms with Crippen LogP contribution in [0.25, 0.3) is 0 Å². The number of hydrogen-bond acceptors (Lipinski definition) is 5. The summed E-state index contributed by atoms with van der Waals surface area (Å²) >= 11 is 1.40. The zero-order chi connectivity index (χ0) is 13.8. The second-order valence-corrected chi connectivity index (χ2v) is 4.84. The maximum Gasteiger partial charge on any atom is 0.335 e. The Bertz CT molecular complexity index is 624. The first-order valence-corrected chi connectivity index (χ1v) is 6.33. The summed E-state index contributed by atoms with van der Waals surface area (Å²) in [4.78, 5) is 30.6. The summed E-state index contributed by atoms with van der Waals surface area (Å²) in [7, 11) is 0. The Kier molecular flexibility index (Phi) is 3.86. The topological polar surface area (TPSA) is 92.2 Å². The summed E-state index contributed by atoms with van der Waals surface area (Å²) in [5.41, 5.74) is 0.987. The molecule has 0 fully saturated rings. The number of carboxylic acid groups (broad SMARTS) is 1. The molecule has 6 nitrogen and oxygen atoms in total. The normalized spacial score (nSPS) is 10.2. The van der Waals surface area contributed by atoms with Crippen LogP contribution in [-0.4, -0.2) is 27.0 Å². The van der Waals surface area contributed by atoms with Crippen LogP contribution in [-0.2, 0) is 6.54 Å². The summed E-state index contributed by atoms with van der Waals surface area (Å²) in [5.74, 6) is -1.32. The van der Waals surface area contributed by atoms with E-state index in [9.17, 15) is 9.59 Å². The predicted octanol–water partition coefficient (Wildman–Crippen LogP) is 1.47. The molecule has 2 aromatic heterocycles. The number of thiazole rings is 1. The number of carboxylic acids is 1. The lowest BCUT2D eigenvalue weighted by Gasteiger charge is -2.03. The molecular formula is C12H11N3O3S. The van der Waals surface area contributed by atoms with Crippen molar-refractivity contribution in [3.05, 3.63) is 45.7 Å². The van der Waals surface area contributed by atoms with Crippen molar-refractivity contribution in [2.45, 2.75) is 13.5 Å². The van der Waals surface area contributed by atoms with Gasteiger partial charge in [-0.05, 0) is 19.1 Å². The van der Waals surface area contributed by atoms with Crippen molar-refractivity contribution in [1.29, 1.82) is 0 Å². The smallest absolute Gasteiger partial charge is 0.335 e. The maximum absolute atomic E-state index is 11.7. The van der Waals surface area contributed by atoms with E-state index in [1.54, 1.807) is 5.38 Å². The van der Waals surface area contributed by atoms with Crippen LogP contribution >= 0.6 is 11.3 Å². The summed E-state index contributed by atoms with van der Waals surface area (Å²) in [6.45, 7) is 1.98. The van der Waals surface area contributed by atoms with Crippen LogP contribution in [0, 0.1) is 6.92 Å². The molecule has 0 aromatic carbocycles. The van der Waals surface area contributed by atoms with Crippen molar-refractivity contribution in [3.63, 3.8) is 0 Å². The molecule has 0 aliphatic heterocycles. The van der Waals surface area contributed by atoms with Gasteiger partial charge in [0.1, 0.15) is 5.69 Å². The number of aryl methyl sites for hydroxylation is 1. The summed E-state index contributed by atoms with van der Waals surface area (Å²) in [5, 5.41) is 14.0. The van der Waals surface area contributed by atoms with E-state index in [2.05, 4.69) is 15.3 Å². The fourth-order valence-electron chi connectivity index (χ4n) is 1.44. The molecule has 19 heavy (non-hydrogen) atoms. The van der Waals surface area contributed by atoms with E-state index in [1.807, 2.05) is 6.92 Å². The number of hydrogen-bond donors (Lipinski definition) is 2. The number of aromatic nitrogens is 2. The maximum atomic E-state index is 11.7. The van der Waals surface area contributed by atoms with Crippen LogP contribution in [0.15, 0.2) is 23.7 Å². The molecule has 98 valence electrons. The molecule has 0 saturated heterocycles. The Morgan fingerprint density at radius 2 is 2.26 bits per heavy atom. The average molecular weight is 277 g/mol. The van der Waals surface area contributed by atoms with E-state index in [1.165, 1.54) is 29.7 Å². The first kappa shape index (κ1) is 13.2. The van der Waals surface area contributed by atoms with Crippen molar-refractivity contribution in [3.8, 4) is 0 Å². The molecule has 2 aromatic rings. The van der Waals surface area contributed by atoms with Crippen molar-refractivity contribution >= 4 is 23.2 Å². The van der Waals surface area contributed by atoms with E-state index in [-0.39, 0.29) is 18.0 Å². The zero-order valence-corrected chi connectivity index (χ0v) is 10.9. The van der Waals surface area contributed by atoms with E-state index in [0.717, 1.165) is 5.01 Å². The van der Waals surface area contributed by atoms with Crippen LogP contribution in [0.5, 0.6) is 0 Å². The molecule has 0 spiro atoms. The lowest BCUT2D eigenvalue weighted by molar-refractivity contribution is 0.0696. The summed E-state index contributed by atoms with van der Waals surface area (Å²) < 4.78 is 0. The summed E-state index contributed by atoms with van der Waals surface area (Å²) in [6.07, 6.45) is 1.40. The highest BCUT2D eigenvalue weighted by atomic mass is 32.1. The van der Waals surface area contributed by atoms with Gasteiger partial charge in [0.2, 0.25) is 0 Å². The molecule has 1 amide bonds. The highest BCUT2D eigenvalue weighted by Crippen LogP contribution is 2.08. The monoisotopic (exact) mass is 277 g/mol. The van der Waals surface area contributed by atoms with Crippen LogP contribution in [0.3, 0.4) is 0 Å². The second kappa shape index (κ2) is 5.57. The highest BCUT2D eigenvalue weighted by Gasteiger charge is 2.10. The second-order valence-electron chi connectivity index (χ2n) is 3.78. The first-order valence-electron chi connectivity index (χ1n) is 5.45. The number of rotatable bonds is 4. The Morgan fingerprint density at radius 3 is 2.89 bits per heavy atom. The Morgan fingerprint density at radius 1 is 1.47 bits per heavy atom. The molecule has 2 heterocycles. The SMILES string of the molecule is Cc1nc(C(=O)NCc2cc(C(=O)O)ccn2)cs1. The molecule has 0 radical (unpaired) electrons. The molecule has 0 unspecified atom stereocenters. The van der Waals surface area contributed by atoms with E-state index in [4.69, 9.17) is 5.11 Å². The quantitative estimate of drug-likeness (QED) is 0.883. The Hall–Kier alpha value is -2.28. The zero-order valence-electron chi connectivity index (χ0n) is 10.1. The molecule has 0 aliphatic carbocycles. The molecule has 0 aliphatic rings. The van der Waals surface area contributed by atoms with Crippen molar-refractivity contribution in [1.82, 2.24) is 15.3 Å². The first-order chi connectivity index (χ1) is 9.06. The molecule has 0 atom stereocenters. The van der Waals surface area contributed by atoms with Crippen molar-refractivity contribution in [2.24, 2.45) is 0 Å². The number of amides is 1. The predicted molar refractivity (Wildman–Crippen MR) is 69.2 cm³/mol. The Balaban J connectivity index is 2.01. The number of aromatic carboxylic acids is 1. The third-order valence-electron chi connectivity index (χ3n) is 2.35. The van der Waals surface area contributed by atoms with Crippen molar-refractivity contribution < 1.29 is 14.7 Å². The van der Waals surface area contributed by atoms with Crippen LogP contribution in [0.2, 0.25) is 0 Å². The average Bonchev–Trinajstić information content (AvgIpc) is 2.83. The molecule has 2 N–H and O–H groups in total. The third kappa shape index (κ3) is 3.35. The minimum atomic E-state index is -1.02. The largest absolute Gasteiger partial charge is 0.478 e. The van der Waals surface area contributed by atoms with Crippen LogP contribution in [0.1, 0.15) is 31.5 Å². The van der Waals surface area contributed by atoms with Gasteiger partial charge >= 0.3 is 5.97 Å².